The second-order valence-corrected chi connectivity index (χ2v) is 5.45. The lowest BCUT2D eigenvalue weighted by Gasteiger charge is -2.09. The third-order valence-electron chi connectivity index (χ3n) is 3.57. The van der Waals surface area contributed by atoms with E-state index in [1.807, 2.05) is 0 Å². The summed E-state index contributed by atoms with van der Waals surface area (Å²) in [5, 5.41) is 11.1. The number of Topliss-reactive ketones (excluding diaryl/α,β-unsaturated/α-hetero) is 1. The first kappa shape index (κ1) is 19.2. The number of nitrogens with one attached hydrogen (secondary N) is 1. The molecule has 0 saturated carbocycles. The zero-order valence-electron chi connectivity index (χ0n) is 13.3. The van der Waals surface area contributed by atoms with Crippen LogP contribution in [0.2, 0.25) is 0 Å². The van der Waals surface area contributed by atoms with Crippen LogP contribution >= 0.6 is 0 Å². The molecule has 0 spiro atoms. The Hall–Kier alpha value is -3.16. The van der Waals surface area contributed by atoms with E-state index in [4.69, 9.17) is 5.11 Å². The van der Waals surface area contributed by atoms with Gasteiger partial charge < -0.3 is 10.4 Å². The molecule has 0 aliphatic rings. The van der Waals surface area contributed by atoms with Crippen LogP contribution in [-0.2, 0) is 22.2 Å². The fraction of sp³-hybridized carbons (Fsp3) is 0.167. The number of carbonyl (C=O) groups excluding carboxylic acids is 2. The van der Waals surface area contributed by atoms with Gasteiger partial charge in [0.05, 0.1) is 5.56 Å². The largest absolute Gasteiger partial charge is 0.476 e. The zero-order chi connectivity index (χ0) is 19.3. The molecule has 8 heteroatoms. The Morgan fingerprint density at radius 2 is 1.50 bits per heavy atom. The van der Waals surface area contributed by atoms with Gasteiger partial charge in [-0.3, -0.25) is 9.59 Å². The molecular weight excluding hydrogens is 351 g/mol. The summed E-state index contributed by atoms with van der Waals surface area (Å²) < 4.78 is 37.5. The van der Waals surface area contributed by atoms with Crippen LogP contribution in [0.15, 0.2) is 48.5 Å². The molecule has 2 rings (SSSR count). The number of aliphatic carboxylic acids is 1. The number of rotatable bonds is 6. The highest BCUT2D eigenvalue weighted by molar-refractivity contribution is 6.32. The number of amides is 1. The molecule has 2 aromatic rings. The summed E-state index contributed by atoms with van der Waals surface area (Å²) >= 11 is 0. The maximum Gasteiger partial charge on any atom is 0.416 e. The highest BCUT2D eigenvalue weighted by Crippen LogP contribution is 2.29. The molecule has 0 aliphatic heterocycles. The highest BCUT2D eigenvalue weighted by atomic mass is 19.4. The molecule has 26 heavy (non-hydrogen) atoms. The Labute approximate surface area is 146 Å². The van der Waals surface area contributed by atoms with Crippen LogP contribution in [0.4, 0.5) is 18.9 Å². The minimum atomic E-state index is -4.47. The summed E-state index contributed by atoms with van der Waals surface area (Å²) in [5.74, 6) is -2.93. The molecule has 0 unspecified atom stereocenters. The molecule has 0 heterocycles. The number of alkyl halides is 3. The molecule has 0 saturated heterocycles. The van der Waals surface area contributed by atoms with E-state index < -0.39 is 29.4 Å². The van der Waals surface area contributed by atoms with Gasteiger partial charge in [0.15, 0.2) is 0 Å². The third-order valence-corrected chi connectivity index (χ3v) is 3.57. The average molecular weight is 365 g/mol. The Bertz CT molecular complexity index is 812. The van der Waals surface area contributed by atoms with Crippen molar-refractivity contribution in [1.82, 2.24) is 0 Å². The molecule has 0 fully saturated rings. The van der Waals surface area contributed by atoms with Gasteiger partial charge in [-0.2, -0.15) is 13.2 Å². The van der Waals surface area contributed by atoms with Crippen molar-refractivity contribution in [3.05, 3.63) is 65.2 Å². The van der Waals surface area contributed by atoms with Crippen LogP contribution in [0.5, 0.6) is 0 Å². The normalized spacial score (nSPS) is 11.0. The van der Waals surface area contributed by atoms with Gasteiger partial charge in [0.25, 0.3) is 5.91 Å². The van der Waals surface area contributed by atoms with E-state index in [0.29, 0.717) is 11.3 Å². The first-order valence-corrected chi connectivity index (χ1v) is 7.50. The van der Waals surface area contributed by atoms with Gasteiger partial charge in [0, 0.05) is 17.7 Å². The zero-order valence-corrected chi connectivity index (χ0v) is 13.3. The van der Waals surface area contributed by atoms with Crippen molar-refractivity contribution in [1.29, 1.82) is 0 Å². The van der Waals surface area contributed by atoms with Gasteiger partial charge in [-0.05, 0) is 48.4 Å². The van der Waals surface area contributed by atoms with Crippen LogP contribution < -0.4 is 5.32 Å². The van der Waals surface area contributed by atoms with Crippen LogP contribution in [0.25, 0.3) is 0 Å². The molecule has 1 amide bonds. The summed E-state index contributed by atoms with van der Waals surface area (Å²) in [7, 11) is 0. The number of hydrogen-bond acceptors (Lipinski definition) is 3. The number of carbonyl (C=O) groups is 3. The number of carboxylic acids is 1. The fourth-order valence-corrected chi connectivity index (χ4v) is 2.13. The first-order valence-electron chi connectivity index (χ1n) is 7.50. The molecule has 0 bridgehead atoms. The minimum absolute atomic E-state index is 0.0779. The fourth-order valence-electron chi connectivity index (χ4n) is 2.13. The summed E-state index contributed by atoms with van der Waals surface area (Å²) in [6.45, 7) is 0. The molecule has 0 atom stereocenters. The molecule has 5 nitrogen and oxygen atoms in total. The van der Waals surface area contributed by atoms with E-state index >= 15 is 0 Å². The van der Waals surface area contributed by atoms with Crippen molar-refractivity contribution >= 4 is 23.3 Å². The number of aryl methyl sites for hydroxylation is 1. The topological polar surface area (TPSA) is 83.5 Å². The molecule has 0 aromatic heterocycles. The second kappa shape index (κ2) is 7.81. The van der Waals surface area contributed by atoms with E-state index in [2.05, 4.69) is 5.32 Å². The standard InChI is InChI=1S/C18H14F3NO4/c19-18(20,21)13-6-4-12(5-7-13)16(24)22-14-8-1-11(2-9-14)3-10-15(23)17(25)26/h1-2,4-9H,3,10H2,(H,22,24)(H,25,26). The van der Waals surface area contributed by atoms with Crippen molar-refractivity contribution in [2.75, 3.05) is 5.32 Å². The van der Waals surface area contributed by atoms with E-state index in [-0.39, 0.29) is 18.4 Å². The van der Waals surface area contributed by atoms with E-state index in [1.165, 1.54) is 0 Å². The van der Waals surface area contributed by atoms with Crippen molar-refractivity contribution in [2.45, 2.75) is 19.0 Å². The number of benzene rings is 2. The Morgan fingerprint density at radius 1 is 0.923 bits per heavy atom. The van der Waals surface area contributed by atoms with Crippen molar-refractivity contribution in [3.63, 3.8) is 0 Å². The Morgan fingerprint density at radius 3 is 2.00 bits per heavy atom. The monoisotopic (exact) mass is 365 g/mol. The SMILES string of the molecule is O=C(O)C(=O)CCc1ccc(NC(=O)c2ccc(C(F)(F)F)cc2)cc1. The van der Waals surface area contributed by atoms with Gasteiger partial charge in [-0.15, -0.1) is 0 Å². The second-order valence-electron chi connectivity index (χ2n) is 5.45. The summed E-state index contributed by atoms with van der Waals surface area (Å²) in [6.07, 6.45) is -4.35. The number of halogens is 3. The quantitative estimate of drug-likeness (QED) is 0.767. The van der Waals surface area contributed by atoms with Crippen molar-refractivity contribution in [3.8, 4) is 0 Å². The molecule has 0 aliphatic carbocycles. The van der Waals surface area contributed by atoms with Gasteiger partial charge in [0.1, 0.15) is 0 Å². The maximum atomic E-state index is 12.5. The third kappa shape index (κ3) is 5.17. The predicted molar refractivity (Wildman–Crippen MR) is 86.8 cm³/mol. The van der Waals surface area contributed by atoms with E-state index in [1.54, 1.807) is 24.3 Å². The number of hydrogen-bond donors (Lipinski definition) is 2. The molecule has 136 valence electrons. The van der Waals surface area contributed by atoms with Crippen molar-refractivity contribution < 1.29 is 32.7 Å². The summed E-state index contributed by atoms with van der Waals surface area (Å²) in [5.41, 5.74) is 0.374. The first-order chi connectivity index (χ1) is 12.2. The van der Waals surface area contributed by atoms with Gasteiger partial charge >= 0.3 is 12.1 Å². The van der Waals surface area contributed by atoms with Gasteiger partial charge in [0.2, 0.25) is 5.78 Å². The summed E-state index contributed by atoms with van der Waals surface area (Å²) in [4.78, 5) is 33.5. The summed E-state index contributed by atoms with van der Waals surface area (Å²) in [6, 6.07) is 10.2. The maximum absolute atomic E-state index is 12.5. The molecule has 2 N–H and O–H groups in total. The number of anilines is 1. The minimum Gasteiger partial charge on any atom is -0.476 e. The molecule has 2 aromatic carbocycles. The average Bonchev–Trinajstić information content (AvgIpc) is 2.60. The molecule has 0 radical (unpaired) electrons. The lowest BCUT2D eigenvalue weighted by molar-refractivity contribution is -0.149. The number of ketones is 1. The van der Waals surface area contributed by atoms with Crippen LogP contribution in [-0.4, -0.2) is 22.8 Å². The van der Waals surface area contributed by atoms with Crippen LogP contribution in [0, 0.1) is 0 Å². The number of carboxylic acid groups (broad SMARTS) is 1. The Kier molecular flexibility index (Phi) is 5.76. The highest BCUT2D eigenvalue weighted by Gasteiger charge is 2.30. The van der Waals surface area contributed by atoms with Gasteiger partial charge in [-0.1, -0.05) is 12.1 Å². The molecular formula is C18H14F3NO4. The van der Waals surface area contributed by atoms with E-state index in [9.17, 15) is 27.6 Å². The lowest BCUT2D eigenvalue weighted by atomic mass is 10.1. The Balaban J connectivity index is 1.97. The van der Waals surface area contributed by atoms with E-state index in [0.717, 1.165) is 24.3 Å². The van der Waals surface area contributed by atoms with Crippen LogP contribution in [0.1, 0.15) is 27.9 Å². The lowest BCUT2D eigenvalue weighted by Crippen LogP contribution is -2.13. The van der Waals surface area contributed by atoms with Gasteiger partial charge in [-0.25, -0.2) is 4.79 Å². The predicted octanol–water partition coefficient (Wildman–Crippen LogP) is 3.54. The van der Waals surface area contributed by atoms with Crippen LogP contribution in [0.3, 0.4) is 0 Å². The smallest absolute Gasteiger partial charge is 0.416 e. The van der Waals surface area contributed by atoms with Crippen molar-refractivity contribution in [2.24, 2.45) is 0 Å².